The molecule has 1 aromatic rings. The van der Waals surface area contributed by atoms with Gasteiger partial charge in [0.2, 0.25) is 0 Å². The van der Waals surface area contributed by atoms with E-state index >= 15 is 0 Å². The molecule has 1 fully saturated rings. The number of rotatable bonds is 6. The van der Waals surface area contributed by atoms with Crippen molar-refractivity contribution in [3.63, 3.8) is 0 Å². The van der Waals surface area contributed by atoms with E-state index in [1.165, 1.54) is 0 Å². The molecular formula is C15H23N3O2S. The number of anilines is 1. The van der Waals surface area contributed by atoms with Gasteiger partial charge in [0, 0.05) is 26.2 Å². The number of nitrogens with zero attached hydrogens (tertiary/aromatic N) is 1. The summed E-state index contributed by atoms with van der Waals surface area (Å²) in [5, 5.41) is 7.04. The predicted molar refractivity (Wildman–Crippen MR) is 89.1 cm³/mol. The Balaban J connectivity index is 1.73. The fraction of sp³-hybridized carbons (Fsp3) is 0.533. The quantitative estimate of drug-likeness (QED) is 0.780. The van der Waals surface area contributed by atoms with Crippen LogP contribution < -0.4 is 15.4 Å². The van der Waals surface area contributed by atoms with Gasteiger partial charge in [-0.3, -0.25) is 4.90 Å². The van der Waals surface area contributed by atoms with Crippen LogP contribution in [0.15, 0.2) is 24.3 Å². The van der Waals surface area contributed by atoms with E-state index in [9.17, 15) is 0 Å². The van der Waals surface area contributed by atoms with Crippen molar-refractivity contribution in [1.29, 1.82) is 0 Å². The van der Waals surface area contributed by atoms with Crippen LogP contribution >= 0.6 is 12.2 Å². The minimum atomic E-state index is 0.621. The van der Waals surface area contributed by atoms with Gasteiger partial charge in [-0.05, 0) is 31.3 Å². The van der Waals surface area contributed by atoms with Crippen molar-refractivity contribution in [1.82, 2.24) is 10.2 Å². The summed E-state index contributed by atoms with van der Waals surface area (Å²) in [4.78, 5) is 2.37. The Kier molecular flexibility index (Phi) is 6.72. The molecule has 116 valence electrons. The van der Waals surface area contributed by atoms with Gasteiger partial charge in [0.1, 0.15) is 5.75 Å². The van der Waals surface area contributed by atoms with Crippen molar-refractivity contribution in [3.05, 3.63) is 24.3 Å². The predicted octanol–water partition coefficient (Wildman–Crippen LogP) is 1.70. The van der Waals surface area contributed by atoms with Crippen LogP contribution in [0.1, 0.15) is 6.92 Å². The number of thiocarbonyl (C=S) groups is 1. The zero-order valence-electron chi connectivity index (χ0n) is 12.4. The smallest absolute Gasteiger partial charge is 0.170 e. The second-order valence-corrected chi connectivity index (χ2v) is 5.17. The number of ether oxygens (including phenoxy) is 2. The molecule has 0 aliphatic carbocycles. The van der Waals surface area contributed by atoms with Gasteiger partial charge < -0.3 is 20.1 Å². The van der Waals surface area contributed by atoms with Crippen LogP contribution in [0.5, 0.6) is 5.75 Å². The van der Waals surface area contributed by atoms with Crippen molar-refractivity contribution in [2.45, 2.75) is 6.92 Å². The van der Waals surface area contributed by atoms with Crippen LogP contribution in [-0.4, -0.2) is 56.0 Å². The Morgan fingerprint density at radius 3 is 2.86 bits per heavy atom. The van der Waals surface area contributed by atoms with E-state index in [1.54, 1.807) is 0 Å². The number of hydrogen-bond donors (Lipinski definition) is 2. The lowest BCUT2D eigenvalue weighted by Gasteiger charge is -2.26. The first-order valence-electron chi connectivity index (χ1n) is 7.36. The molecule has 1 aliphatic rings. The maximum Gasteiger partial charge on any atom is 0.170 e. The first-order chi connectivity index (χ1) is 10.3. The molecule has 21 heavy (non-hydrogen) atoms. The Hall–Kier alpha value is -1.37. The van der Waals surface area contributed by atoms with Gasteiger partial charge in [-0.25, -0.2) is 0 Å². The van der Waals surface area contributed by atoms with E-state index in [0.717, 1.165) is 50.8 Å². The Bertz CT molecular complexity index is 450. The molecule has 1 aromatic carbocycles. The molecule has 0 bridgehead atoms. The normalized spacial score (nSPS) is 15.5. The van der Waals surface area contributed by atoms with Gasteiger partial charge in [0.15, 0.2) is 5.11 Å². The third-order valence-electron chi connectivity index (χ3n) is 3.25. The molecule has 0 saturated carbocycles. The van der Waals surface area contributed by atoms with Crippen molar-refractivity contribution < 1.29 is 9.47 Å². The third kappa shape index (κ3) is 5.49. The van der Waals surface area contributed by atoms with E-state index in [2.05, 4.69) is 15.5 Å². The SMILES string of the molecule is CCOc1ccccc1NC(=S)NCCN1CCOCC1. The van der Waals surface area contributed by atoms with Crippen LogP contribution in [0.25, 0.3) is 0 Å². The average Bonchev–Trinajstić information content (AvgIpc) is 2.50. The van der Waals surface area contributed by atoms with Crippen LogP contribution in [0.3, 0.4) is 0 Å². The zero-order valence-corrected chi connectivity index (χ0v) is 13.2. The zero-order chi connectivity index (χ0) is 14.9. The molecule has 1 heterocycles. The molecule has 2 N–H and O–H groups in total. The fourth-order valence-electron chi connectivity index (χ4n) is 2.17. The van der Waals surface area contributed by atoms with E-state index in [-0.39, 0.29) is 0 Å². The molecule has 1 saturated heterocycles. The maximum absolute atomic E-state index is 5.57. The Labute approximate surface area is 131 Å². The Morgan fingerprint density at radius 1 is 1.33 bits per heavy atom. The highest BCUT2D eigenvalue weighted by atomic mass is 32.1. The summed E-state index contributed by atoms with van der Waals surface area (Å²) in [5.74, 6) is 0.817. The molecule has 0 radical (unpaired) electrons. The molecule has 1 aliphatic heterocycles. The summed E-state index contributed by atoms with van der Waals surface area (Å²) in [6, 6.07) is 7.80. The highest BCUT2D eigenvalue weighted by molar-refractivity contribution is 7.80. The number of morpholine rings is 1. The largest absolute Gasteiger partial charge is 0.492 e. The van der Waals surface area contributed by atoms with Crippen LogP contribution in [0.4, 0.5) is 5.69 Å². The summed E-state index contributed by atoms with van der Waals surface area (Å²) in [6.45, 7) is 8.03. The third-order valence-corrected chi connectivity index (χ3v) is 3.50. The standard InChI is InChI=1S/C15H23N3O2S/c1-2-20-14-6-4-3-5-13(14)17-15(21)16-7-8-18-9-11-19-12-10-18/h3-6H,2,7-12H2,1H3,(H2,16,17,21). The molecule has 0 amide bonds. The highest BCUT2D eigenvalue weighted by Gasteiger charge is 2.10. The molecule has 0 spiro atoms. The number of para-hydroxylation sites is 2. The highest BCUT2D eigenvalue weighted by Crippen LogP contribution is 2.23. The summed E-state index contributed by atoms with van der Waals surface area (Å²) in [5.41, 5.74) is 0.892. The lowest BCUT2D eigenvalue weighted by Crippen LogP contribution is -2.42. The molecule has 5 nitrogen and oxygen atoms in total. The van der Waals surface area contributed by atoms with E-state index < -0.39 is 0 Å². The minimum Gasteiger partial charge on any atom is -0.492 e. The number of hydrogen-bond acceptors (Lipinski definition) is 4. The van der Waals surface area contributed by atoms with Gasteiger partial charge in [-0.2, -0.15) is 0 Å². The molecule has 0 atom stereocenters. The van der Waals surface area contributed by atoms with Gasteiger partial charge >= 0.3 is 0 Å². The first kappa shape index (κ1) is 16.0. The molecular weight excluding hydrogens is 286 g/mol. The number of nitrogens with one attached hydrogen (secondary N) is 2. The fourth-order valence-corrected chi connectivity index (χ4v) is 2.38. The topological polar surface area (TPSA) is 45.8 Å². The lowest BCUT2D eigenvalue weighted by atomic mass is 10.3. The van der Waals surface area contributed by atoms with Crippen molar-refractivity contribution in [2.24, 2.45) is 0 Å². The molecule has 2 rings (SSSR count). The van der Waals surface area contributed by atoms with Crippen molar-refractivity contribution in [2.75, 3.05) is 51.3 Å². The Morgan fingerprint density at radius 2 is 2.10 bits per heavy atom. The van der Waals surface area contributed by atoms with Crippen LogP contribution in [0.2, 0.25) is 0 Å². The summed E-state index contributed by atoms with van der Waals surface area (Å²) in [7, 11) is 0. The summed E-state index contributed by atoms with van der Waals surface area (Å²) >= 11 is 5.33. The second kappa shape index (κ2) is 8.81. The average molecular weight is 309 g/mol. The minimum absolute atomic E-state index is 0.621. The number of benzene rings is 1. The summed E-state index contributed by atoms with van der Waals surface area (Å²) in [6.07, 6.45) is 0. The van der Waals surface area contributed by atoms with Crippen molar-refractivity contribution in [3.8, 4) is 5.75 Å². The van der Waals surface area contributed by atoms with E-state index in [4.69, 9.17) is 21.7 Å². The van der Waals surface area contributed by atoms with Crippen LogP contribution in [0, 0.1) is 0 Å². The van der Waals surface area contributed by atoms with Gasteiger partial charge in [-0.1, -0.05) is 12.1 Å². The molecule has 0 unspecified atom stereocenters. The monoisotopic (exact) mass is 309 g/mol. The van der Waals surface area contributed by atoms with Crippen LogP contribution in [-0.2, 0) is 4.74 Å². The van der Waals surface area contributed by atoms with E-state index in [1.807, 2.05) is 31.2 Å². The first-order valence-corrected chi connectivity index (χ1v) is 7.77. The summed E-state index contributed by atoms with van der Waals surface area (Å²) < 4.78 is 10.9. The van der Waals surface area contributed by atoms with Gasteiger partial charge in [-0.15, -0.1) is 0 Å². The van der Waals surface area contributed by atoms with Crippen molar-refractivity contribution >= 4 is 23.0 Å². The maximum atomic E-state index is 5.57. The van der Waals surface area contributed by atoms with Gasteiger partial charge in [0.05, 0.1) is 25.5 Å². The molecule has 0 aromatic heterocycles. The second-order valence-electron chi connectivity index (χ2n) is 4.76. The van der Waals surface area contributed by atoms with Gasteiger partial charge in [0.25, 0.3) is 0 Å². The van der Waals surface area contributed by atoms with E-state index in [0.29, 0.717) is 11.7 Å². The lowest BCUT2D eigenvalue weighted by molar-refractivity contribution is 0.0389. The molecule has 6 heteroatoms.